The van der Waals surface area contributed by atoms with Gasteiger partial charge in [-0.15, -0.1) is 0 Å². The van der Waals surface area contributed by atoms with Crippen LogP contribution >= 0.6 is 11.6 Å². The number of ether oxygens (including phenoxy) is 2. The standard InChI is InChI=1S/C29H29ClF2N2O4/c1-28(2,3)26(34-27(36)37-5)29(16-9-7-6-8-10-16)15-18-21(38-29)14-12-19(30)22(18)23-17(25(35)33-4)11-13-20(31)24(23)32/h6-14,26H,15H2,1-5H3,(H,33,35)(H,34,36)/t26-,29-/m0/s1. The van der Waals surface area contributed by atoms with E-state index < -0.39 is 40.7 Å². The summed E-state index contributed by atoms with van der Waals surface area (Å²) < 4.78 is 41.6. The highest BCUT2D eigenvalue weighted by Crippen LogP contribution is 2.52. The average molecular weight is 543 g/mol. The van der Waals surface area contributed by atoms with E-state index in [4.69, 9.17) is 21.1 Å². The molecule has 0 spiro atoms. The van der Waals surface area contributed by atoms with E-state index in [1.807, 2.05) is 51.1 Å². The zero-order valence-corrected chi connectivity index (χ0v) is 22.5. The molecule has 1 aliphatic heterocycles. The molecule has 4 rings (SSSR count). The van der Waals surface area contributed by atoms with E-state index in [0.29, 0.717) is 11.3 Å². The first-order valence-electron chi connectivity index (χ1n) is 12.1. The van der Waals surface area contributed by atoms with E-state index >= 15 is 4.39 Å². The van der Waals surface area contributed by atoms with Gasteiger partial charge < -0.3 is 20.1 Å². The van der Waals surface area contributed by atoms with Gasteiger partial charge in [0.05, 0.1) is 18.7 Å². The Morgan fingerprint density at radius 2 is 1.74 bits per heavy atom. The maximum atomic E-state index is 15.4. The molecule has 1 aliphatic rings. The van der Waals surface area contributed by atoms with Crippen molar-refractivity contribution in [3.63, 3.8) is 0 Å². The van der Waals surface area contributed by atoms with Crippen molar-refractivity contribution in [3.05, 3.63) is 87.9 Å². The Labute approximate surface area is 225 Å². The molecule has 0 aromatic heterocycles. The molecule has 2 N–H and O–H groups in total. The zero-order chi connectivity index (χ0) is 27.8. The van der Waals surface area contributed by atoms with Gasteiger partial charge in [0.15, 0.2) is 17.2 Å². The van der Waals surface area contributed by atoms with Crippen LogP contribution in [0.2, 0.25) is 5.02 Å². The molecule has 3 aromatic rings. The highest BCUT2D eigenvalue weighted by Gasteiger charge is 2.53. The van der Waals surface area contributed by atoms with Crippen LogP contribution in [0.15, 0.2) is 54.6 Å². The Bertz CT molecular complexity index is 1390. The average Bonchev–Trinajstić information content (AvgIpc) is 3.29. The fourth-order valence-corrected chi connectivity index (χ4v) is 5.45. The molecule has 0 saturated carbocycles. The molecule has 2 amide bonds. The fourth-order valence-electron chi connectivity index (χ4n) is 5.17. The number of fused-ring (bicyclic) bond motifs is 1. The number of carbonyl (C=O) groups excluding carboxylic acids is 2. The second kappa shape index (κ2) is 10.3. The Balaban J connectivity index is 2.01. The first-order valence-corrected chi connectivity index (χ1v) is 12.4. The molecule has 0 aliphatic carbocycles. The summed E-state index contributed by atoms with van der Waals surface area (Å²) in [6, 6.07) is 14.0. The molecule has 0 bridgehead atoms. The largest absolute Gasteiger partial charge is 0.480 e. The molecule has 0 saturated heterocycles. The van der Waals surface area contributed by atoms with E-state index in [0.717, 1.165) is 11.6 Å². The lowest BCUT2D eigenvalue weighted by atomic mass is 9.70. The van der Waals surface area contributed by atoms with Crippen LogP contribution in [-0.4, -0.2) is 32.2 Å². The maximum Gasteiger partial charge on any atom is 0.407 e. The molecule has 9 heteroatoms. The summed E-state index contributed by atoms with van der Waals surface area (Å²) in [6.07, 6.45) is -0.506. The second-order valence-electron chi connectivity index (χ2n) is 10.2. The third-order valence-electron chi connectivity index (χ3n) is 6.81. The SMILES string of the molecule is CNC(=O)c1ccc(F)c(F)c1-c1c(Cl)ccc2c1C[C@](c1ccccc1)([C@@H](NC(=O)OC)C(C)(C)C)O2. The van der Waals surface area contributed by atoms with E-state index in [-0.39, 0.29) is 28.1 Å². The van der Waals surface area contributed by atoms with Crippen LogP contribution < -0.4 is 15.4 Å². The van der Waals surface area contributed by atoms with Crippen molar-refractivity contribution in [1.82, 2.24) is 10.6 Å². The zero-order valence-electron chi connectivity index (χ0n) is 21.7. The summed E-state index contributed by atoms with van der Waals surface area (Å²) in [7, 11) is 2.68. The lowest BCUT2D eigenvalue weighted by Gasteiger charge is -2.44. The van der Waals surface area contributed by atoms with Crippen molar-refractivity contribution in [2.45, 2.75) is 38.8 Å². The van der Waals surface area contributed by atoms with Crippen LogP contribution in [-0.2, 0) is 16.8 Å². The third-order valence-corrected chi connectivity index (χ3v) is 7.12. The van der Waals surface area contributed by atoms with Crippen LogP contribution in [0.25, 0.3) is 11.1 Å². The molecule has 0 unspecified atom stereocenters. The molecule has 38 heavy (non-hydrogen) atoms. The van der Waals surface area contributed by atoms with Crippen molar-refractivity contribution in [2.75, 3.05) is 14.2 Å². The summed E-state index contributed by atoms with van der Waals surface area (Å²) >= 11 is 6.64. The number of benzene rings is 3. The minimum atomic E-state index is -1.20. The Hall–Kier alpha value is -3.65. The highest BCUT2D eigenvalue weighted by atomic mass is 35.5. The molecule has 0 radical (unpaired) electrons. The number of hydrogen-bond donors (Lipinski definition) is 2. The van der Waals surface area contributed by atoms with Gasteiger partial charge in [-0.05, 0) is 35.2 Å². The van der Waals surface area contributed by atoms with E-state index in [9.17, 15) is 14.0 Å². The summed E-state index contributed by atoms with van der Waals surface area (Å²) in [4.78, 5) is 25.2. The van der Waals surface area contributed by atoms with Crippen LogP contribution in [0.1, 0.15) is 42.3 Å². The minimum absolute atomic E-state index is 0.0704. The van der Waals surface area contributed by atoms with E-state index in [2.05, 4.69) is 10.6 Å². The molecular weight excluding hydrogens is 514 g/mol. The van der Waals surface area contributed by atoms with Gasteiger partial charge in [0.25, 0.3) is 5.91 Å². The molecular formula is C29H29ClF2N2O4. The Morgan fingerprint density at radius 3 is 2.34 bits per heavy atom. The number of methoxy groups -OCH3 is 1. The Morgan fingerprint density at radius 1 is 1.05 bits per heavy atom. The second-order valence-corrected chi connectivity index (χ2v) is 10.6. The van der Waals surface area contributed by atoms with Gasteiger partial charge in [0, 0.05) is 35.2 Å². The van der Waals surface area contributed by atoms with Crippen molar-refractivity contribution in [1.29, 1.82) is 0 Å². The summed E-state index contributed by atoms with van der Waals surface area (Å²) in [5.74, 6) is -2.53. The normalized spacial score (nSPS) is 17.3. The van der Waals surface area contributed by atoms with Crippen molar-refractivity contribution < 1.29 is 27.8 Å². The minimum Gasteiger partial charge on any atom is -0.480 e. The van der Waals surface area contributed by atoms with Crippen LogP contribution in [0.3, 0.4) is 0 Å². The van der Waals surface area contributed by atoms with Crippen molar-refractivity contribution in [2.24, 2.45) is 5.41 Å². The maximum absolute atomic E-state index is 15.4. The number of amides is 2. The number of carbonyl (C=O) groups is 2. The van der Waals surface area contributed by atoms with Gasteiger partial charge in [0.1, 0.15) is 5.75 Å². The van der Waals surface area contributed by atoms with Gasteiger partial charge in [-0.25, -0.2) is 13.6 Å². The predicted octanol–water partition coefficient (Wildman–Crippen LogP) is 6.25. The summed E-state index contributed by atoms with van der Waals surface area (Å²) in [6.45, 7) is 5.86. The third kappa shape index (κ3) is 4.69. The summed E-state index contributed by atoms with van der Waals surface area (Å²) in [5.41, 5.74) is -0.660. The monoisotopic (exact) mass is 542 g/mol. The van der Waals surface area contributed by atoms with Crippen LogP contribution in [0.5, 0.6) is 5.75 Å². The van der Waals surface area contributed by atoms with Gasteiger partial charge in [-0.1, -0.05) is 62.7 Å². The number of halogens is 3. The van der Waals surface area contributed by atoms with Crippen molar-refractivity contribution >= 4 is 23.6 Å². The van der Waals surface area contributed by atoms with E-state index in [1.165, 1.54) is 26.3 Å². The number of hydrogen-bond acceptors (Lipinski definition) is 4. The molecule has 2 atom stereocenters. The fraction of sp³-hybridized carbons (Fsp3) is 0.310. The first kappa shape index (κ1) is 27.4. The molecule has 6 nitrogen and oxygen atoms in total. The number of nitrogens with one attached hydrogen (secondary N) is 2. The molecule has 0 fully saturated rings. The van der Waals surface area contributed by atoms with Gasteiger partial charge in [-0.2, -0.15) is 0 Å². The quantitative estimate of drug-likeness (QED) is 0.400. The first-order chi connectivity index (χ1) is 17.9. The Kier molecular flexibility index (Phi) is 7.39. The number of alkyl carbamates (subject to hydrolysis) is 1. The van der Waals surface area contributed by atoms with Crippen LogP contribution in [0, 0.1) is 17.0 Å². The highest BCUT2D eigenvalue weighted by molar-refractivity contribution is 6.34. The van der Waals surface area contributed by atoms with Gasteiger partial charge >= 0.3 is 6.09 Å². The molecule has 1 heterocycles. The van der Waals surface area contributed by atoms with Gasteiger partial charge in [0.2, 0.25) is 0 Å². The molecule has 3 aromatic carbocycles. The number of rotatable bonds is 5. The lowest BCUT2D eigenvalue weighted by Crippen LogP contribution is -2.59. The van der Waals surface area contributed by atoms with Crippen molar-refractivity contribution in [3.8, 4) is 16.9 Å². The smallest absolute Gasteiger partial charge is 0.407 e. The predicted molar refractivity (Wildman–Crippen MR) is 141 cm³/mol. The molecule has 200 valence electrons. The summed E-state index contributed by atoms with van der Waals surface area (Å²) in [5, 5.41) is 5.53. The van der Waals surface area contributed by atoms with E-state index in [1.54, 1.807) is 6.07 Å². The van der Waals surface area contributed by atoms with Gasteiger partial charge in [-0.3, -0.25) is 4.79 Å². The van der Waals surface area contributed by atoms with Crippen LogP contribution in [0.4, 0.5) is 13.6 Å². The lowest BCUT2D eigenvalue weighted by molar-refractivity contribution is 0.000417. The topological polar surface area (TPSA) is 76.7 Å².